The lowest BCUT2D eigenvalue weighted by Gasteiger charge is -2.32. The number of hydrogen-bond donors (Lipinski definition) is 1. The van der Waals surface area contributed by atoms with Crippen LogP contribution in [0.2, 0.25) is 18.1 Å². The minimum atomic E-state index is -1.92. The average molecular weight is 184 g/mol. The van der Waals surface area contributed by atoms with Crippen molar-refractivity contribution in [2.75, 3.05) is 0 Å². The minimum absolute atomic E-state index is 0.643. The Morgan fingerprint density at radius 1 is 1.42 bits per heavy atom. The first kappa shape index (κ1) is 10.0. The van der Waals surface area contributed by atoms with E-state index in [4.69, 9.17) is 0 Å². The van der Waals surface area contributed by atoms with Gasteiger partial charge in [0, 0.05) is 0 Å². The van der Waals surface area contributed by atoms with E-state index in [1.54, 1.807) is 0 Å². The van der Waals surface area contributed by atoms with Gasteiger partial charge in [-0.2, -0.15) is 0 Å². The number of rotatable bonds is 3. The summed E-state index contributed by atoms with van der Waals surface area (Å²) in [6.45, 7) is 5.80. The molecule has 1 saturated carbocycles. The van der Waals surface area contributed by atoms with Gasteiger partial charge in [-0.15, -0.1) is 6.58 Å². The van der Waals surface area contributed by atoms with Crippen LogP contribution in [0.4, 0.5) is 0 Å². The molecule has 0 bridgehead atoms. The zero-order valence-electron chi connectivity index (χ0n) is 8.05. The maximum Gasteiger partial charge on any atom is 0.192 e. The van der Waals surface area contributed by atoms with Gasteiger partial charge >= 0.3 is 0 Å². The van der Waals surface area contributed by atoms with Crippen LogP contribution in [0.1, 0.15) is 32.1 Å². The van der Waals surface area contributed by atoms with Crippen molar-refractivity contribution in [2.45, 2.75) is 50.2 Å². The van der Waals surface area contributed by atoms with E-state index in [0.717, 1.165) is 6.04 Å². The summed E-state index contributed by atoms with van der Waals surface area (Å²) < 4.78 is 0. The molecule has 0 amide bonds. The fraction of sp³-hybridized carbons (Fsp3) is 0.800. The minimum Gasteiger partial charge on any atom is -0.431 e. The highest BCUT2D eigenvalue weighted by molar-refractivity contribution is 6.73. The third kappa shape index (κ3) is 2.46. The Morgan fingerprint density at radius 3 is 2.50 bits per heavy atom. The van der Waals surface area contributed by atoms with E-state index in [-0.39, 0.29) is 0 Å². The summed E-state index contributed by atoms with van der Waals surface area (Å²) in [6, 6.07) is 0.873. The van der Waals surface area contributed by atoms with Gasteiger partial charge in [-0.1, -0.05) is 38.2 Å². The van der Waals surface area contributed by atoms with Gasteiger partial charge in [0.15, 0.2) is 8.32 Å². The molecule has 0 aromatic rings. The topological polar surface area (TPSA) is 20.2 Å². The van der Waals surface area contributed by atoms with Gasteiger partial charge in [-0.05, 0) is 18.1 Å². The highest BCUT2D eigenvalue weighted by Gasteiger charge is 2.34. The quantitative estimate of drug-likeness (QED) is 0.528. The molecule has 1 aliphatic rings. The van der Waals surface area contributed by atoms with Gasteiger partial charge in [0.25, 0.3) is 0 Å². The normalized spacial score (nSPS) is 24.8. The molecule has 1 aliphatic carbocycles. The van der Waals surface area contributed by atoms with Crippen LogP contribution in [0.5, 0.6) is 0 Å². The molecule has 0 radical (unpaired) electrons. The lowest BCUT2D eigenvalue weighted by atomic mass is 10.0. The van der Waals surface area contributed by atoms with Crippen LogP contribution in [-0.2, 0) is 0 Å². The first-order valence-corrected chi connectivity index (χ1v) is 7.73. The third-order valence-electron chi connectivity index (χ3n) is 3.04. The van der Waals surface area contributed by atoms with Crippen molar-refractivity contribution in [1.82, 2.24) is 0 Å². The van der Waals surface area contributed by atoms with Crippen LogP contribution in [-0.4, -0.2) is 13.1 Å². The van der Waals surface area contributed by atoms with Crippen molar-refractivity contribution < 1.29 is 4.80 Å². The highest BCUT2D eigenvalue weighted by Crippen LogP contribution is 2.37. The fourth-order valence-corrected chi connectivity index (χ4v) is 4.75. The van der Waals surface area contributed by atoms with Crippen LogP contribution in [0.25, 0.3) is 0 Å². The molecule has 2 heteroatoms. The van der Waals surface area contributed by atoms with Crippen LogP contribution in [0.3, 0.4) is 0 Å². The molecule has 12 heavy (non-hydrogen) atoms. The van der Waals surface area contributed by atoms with Gasteiger partial charge in [0.1, 0.15) is 0 Å². The highest BCUT2D eigenvalue weighted by atomic mass is 28.4. The third-order valence-corrected chi connectivity index (χ3v) is 6.49. The van der Waals surface area contributed by atoms with Crippen molar-refractivity contribution >= 4 is 8.32 Å². The SMILES string of the molecule is C=CC[Si](C)(O)C1CCCCC1. The second kappa shape index (κ2) is 4.24. The summed E-state index contributed by atoms with van der Waals surface area (Å²) in [7, 11) is -1.92. The Kier molecular flexibility index (Phi) is 3.53. The van der Waals surface area contributed by atoms with Gasteiger partial charge in [0.2, 0.25) is 0 Å². The molecule has 70 valence electrons. The Bertz CT molecular complexity index is 148. The van der Waals surface area contributed by atoms with E-state index < -0.39 is 8.32 Å². The Hall–Kier alpha value is -0.0831. The summed E-state index contributed by atoms with van der Waals surface area (Å²) >= 11 is 0. The zero-order chi connectivity index (χ0) is 9.03. The Labute approximate surface area is 76.6 Å². The lowest BCUT2D eigenvalue weighted by molar-refractivity contribution is 0.432. The number of allylic oxidation sites excluding steroid dienone is 1. The van der Waals surface area contributed by atoms with E-state index in [1.165, 1.54) is 32.1 Å². The molecule has 0 aromatic heterocycles. The van der Waals surface area contributed by atoms with Crippen LogP contribution in [0.15, 0.2) is 12.7 Å². The molecular weight excluding hydrogens is 164 g/mol. The Morgan fingerprint density at radius 2 is 2.00 bits per heavy atom. The summed E-state index contributed by atoms with van der Waals surface area (Å²) in [6.07, 6.45) is 8.42. The van der Waals surface area contributed by atoms with Gasteiger partial charge < -0.3 is 4.80 Å². The van der Waals surface area contributed by atoms with Crippen molar-refractivity contribution in [2.24, 2.45) is 0 Å². The molecule has 0 aliphatic heterocycles. The van der Waals surface area contributed by atoms with Crippen molar-refractivity contribution in [1.29, 1.82) is 0 Å². The predicted molar refractivity (Wildman–Crippen MR) is 55.7 cm³/mol. The van der Waals surface area contributed by atoms with Gasteiger partial charge in [-0.3, -0.25) is 0 Å². The molecule has 0 saturated heterocycles. The standard InChI is InChI=1S/C10H20OSi/c1-3-9-12(2,11)10-7-5-4-6-8-10/h3,10-11H,1,4-9H2,2H3. The Balaban J connectivity index is 2.47. The van der Waals surface area contributed by atoms with Crippen LogP contribution >= 0.6 is 0 Å². The van der Waals surface area contributed by atoms with Crippen LogP contribution in [0, 0.1) is 0 Å². The first-order chi connectivity index (χ1) is 5.67. The van der Waals surface area contributed by atoms with E-state index in [0.29, 0.717) is 5.54 Å². The summed E-state index contributed by atoms with van der Waals surface area (Å²) in [5, 5.41) is 0. The lowest BCUT2D eigenvalue weighted by Crippen LogP contribution is -2.36. The predicted octanol–water partition coefficient (Wildman–Crippen LogP) is 3.07. The molecule has 0 spiro atoms. The molecule has 1 atom stereocenters. The smallest absolute Gasteiger partial charge is 0.192 e. The second-order valence-corrected chi connectivity index (χ2v) is 8.12. The summed E-state index contributed by atoms with van der Waals surface area (Å²) in [4.78, 5) is 10.2. The van der Waals surface area contributed by atoms with Crippen molar-refractivity contribution in [3.8, 4) is 0 Å². The monoisotopic (exact) mass is 184 g/mol. The largest absolute Gasteiger partial charge is 0.431 e. The molecule has 0 heterocycles. The summed E-state index contributed by atoms with van der Waals surface area (Å²) in [5.41, 5.74) is 0.643. The first-order valence-electron chi connectivity index (χ1n) is 5.00. The van der Waals surface area contributed by atoms with Gasteiger partial charge in [-0.25, -0.2) is 0 Å². The zero-order valence-corrected chi connectivity index (χ0v) is 9.05. The average Bonchev–Trinajstić information content (AvgIpc) is 2.06. The number of hydrogen-bond acceptors (Lipinski definition) is 1. The van der Waals surface area contributed by atoms with E-state index in [1.807, 2.05) is 6.08 Å². The molecule has 0 aromatic carbocycles. The van der Waals surface area contributed by atoms with Gasteiger partial charge in [0.05, 0.1) is 0 Å². The van der Waals surface area contributed by atoms with E-state index >= 15 is 0 Å². The van der Waals surface area contributed by atoms with Crippen LogP contribution < -0.4 is 0 Å². The fourth-order valence-electron chi connectivity index (χ4n) is 2.18. The molecule has 1 N–H and O–H groups in total. The van der Waals surface area contributed by atoms with Crippen molar-refractivity contribution in [3.63, 3.8) is 0 Å². The molecule has 1 unspecified atom stereocenters. The molecule has 1 fully saturated rings. The molecule has 1 rings (SSSR count). The maximum atomic E-state index is 10.2. The summed E-state index contributed by atoms with van der Waals surface area (Å²) in [5.74, 6) is 0. The van der Waals surface area contributed by atoms with Crippen molar-refractivity contribution in [3.05, 3.63) is 12.7 Å². The second-order valence-electron chi connectivity index (χ2n) is 4.18. The maximum absolute atomic E-state index is 10.2. The van der Waals surface area contributed by atoms with E-state index in [2.05, 4.69) is 13.1 Å². The van der Waals surface area contributed by atoms with E-state index in [9.17, 15) is 4.80 Å². The molecular formula is C10H20OSi. The molecule has 1 nitrogen and oxygen atoms in total.